The van der Waals surface area contributed by atoms with E-state index >= 15 is 0 Å². The van der Waals surface area contributed by atoms with E-state index in [9.17, 15) is 19.0 Å². The topological polar surface area (TPSA) is 134 Å². The lowest BCUT2D eigenvalue weighted by Gasteiger charge is -2.19. The molecule has 0 radical (unpaired) electrons. The summed E-state index contributed by atoms with van der Waals surface area (Å²) >= 11 is 0. The fourth-order valence-electron chi connectivity index (χ4n) is 5.00. The van der Waals surface area contributed by atoms with Crippen LogP contribution in [0.25, 0.3) is 0 Å². The SMILES string of the molecule is CCCCC/C=C/CCCCCCCC(=O)O[C@@H](COC(=O)CCC/C=C/C/C=C/C/C=C/CCCCCCCC)COP(=O)(O)OCCN. The smallest absolute Gasteiger partial charge is 0.462 e. The van der Waals surface area contributed by atoms with Gasteiger partial charge in [-0.15, -0.1) is 0 Å². The predicted molar refractivity (Wildman–Crippen MR) is 206 cm³/mol. The monoisotopic (exact) mass is 725 g/mol. The van der Waals surface area contributed by atoms with Crippen LogP contribution in [0.5, 0.6) is 0 Å². The molecule has 0 saturated heterocycles. The van der Waals surface area contributed by atoms with Gasteiger partial charge in [-0.3, -0.25) is 18.6 Å². The molecule has 290 valence electrons. The molecule has 0 aliphatic carbocycles. The zero-order chi connectivity index (χ0) is 36.8. The minimum Gasteiger partial charge on any atom is -0.462 e. The molecule has 0 aromatic heterocycles. The van der Waals surface area contributed by atoms with E-state index in [0.29, 0.717) is 12.8 Å². The van der Waals surface area contributed by atoms with Crippen LogP contribution in [0.3, 0.4) is 0 Å². The first-order chi connectivity index (χ1) is 24.3. The Morgan fingerprint density at radius 1 is 0.600 bits per heavy atom. The van der Waals surface area contributed by atoms with Crippen molar-refractivity contribution in [3.63, 3.8) is 0 Å². The van der Waals surface area contributed by atoms with Crippen LogP contribution < -0.4 is 5.73 Å². The van der Waals surface area contributed by atoms with Crippen LogP contribution in [-0.2, 0) is 32.7 Å². The van der Waals surface area contributed by atoms with Gasteiger partial charge in [0.05, 0.1) is 13.2 Å². The average Bonchev–Trinajstić information content (AvgIpc) is 3.10. The van der Waals surface area contributed by atoms with Crippen molar-refractivity contribution >= 4 is 19.8 Å². The average molecular weight is 726 g/mol. The van der Waals surface area contributed by atoms with E-state index in [1.807, 2.05) is 0 Å². The minimum atomic E-state index is -4.38. The number of hydrogen-bond acceptors (Lipinski definition) is 8. The third-order valence-corrected chi connectivity index (χ3v) is 8.92. The number of phosphoric ester groups is 1. The number of nitrogens with two attached hydrogens (primary N) is 1. The molecular weight excluding hydrogens is 653 g/mol. The Morgan fingerprint density at radius 3 is 1.66 bits per heavy atom. The van der Waals surface area contributed by atoms with Gasteiger partial charge in [-0.05, 0) is 70.6 Å². The van der Waals surface area contributed by atoms with Gasteiger partial charge in [0, 0.05) is 19.4 Å². The summed E-state index contributed by atoms with van der Waals surface area (Å²) in [5.41, 5.74) is 5.33. The molecule has 0 fully saturated rings. The van der Waals surface area contributed by atoms with Gasteiger partial charge in [0.25, 0.3) is 0 Å². The maximum absolute atomic E-state index is 12.5. The van der Waals surface area contributed by atoms with Crippen molar-refractivity contribution in [1.29, 1.82) is 0 Å². The molecule has 10 heteroatoms. The summed E-state index contributed by atoms with van der Waals surface area (Å²) in [5, 5.41) is 0. The summed E-state index contributed by atoms with van der Waals surface area (Å²) in [6, 6.07) is 0. The van der Waals surface area contributed by atoms with Crippen molar-refractivity contribution in [2.75, 3.05) is 26.4 Å². The van der Waals surface area contributed by atoms with Gasteiger partial charge in [-0.2, -0.15) is 0 Å². The van der Waals surface area contributed by atoms with Crippen LogP contribution in [0.1, 0.15) is 162 Å². The minimum absolute atomic E-state index is 0.0442. The molecule has 0 aliphatic rings. The molecule has 0 aromatic rings. The Bertz CT molecular complexity index is 965. The largest absolute Gasteiger partial charge is 0.472 e. The van der Waals surface area contributed by atoms with E-state index in [1.165, 1.54) is 57.8 Å². The second kappa shape index (κ2) is 36.8. The molecule has 9 nitrogen and oxygen atoms in total. The van der Waals surface area contributed by atoms with E-state index in [0.717, 1.165) is 64.2 Å². The van der Waals surface area contributed by atoms with Gasteiger partial charge in [-0.25, -0.2) is 4.57 Å². The van der Waals surface area contributed by atoms with Crippen LogP contribution in [0, 0.1) is 0 Å². The molecular formula is C40H72NO8P. The summed E-state index contributed by atoms with van der Waals surface area (Å²) in [6.45, 7) is 3.61. The summed E-state index contributed by atoms with van der Waals surface area (Å²) in [4.78, 5) is 34.7. The number of hydrogen-bond donors (Lipinski definition) is 2. The Labute approximate surface area is 305 Å². The fourth-order valence-corrected chi connectivity index (χ4v) is 5.76. The second-order valence-electron chi connectivity index (χ2n) is 12.8. The number of rotatable bonds is 36. The van der Waals surface area contributed by atoms with Crippen LogP contribution in [0.4, 0.5) is 0 Å². The maximum Gasteiger partial charge on any atom is 0.472 e. The zero-order valence-corrected chi connectivity index (χ0v) is 32.5. The normalized spacial score (nSPS) is 13.9. The highest BCUT2D eigenvalue weighted by atomic mass is 31.2. The molecule has 50 heavy (non-hydrogen) atoms. The molecule has 0 rings (SSSR count). The van der Waals surface area contributed by atoms with Gasteiger partial charge >= 0.3 is 19.8 Å². The highest BCUT2D eigenvalue weighted by molar-refractivity contribution is 7.47. The van der Waals surface area contributed by atoms with Crippen molar-refractivity contribution in [3.05, 3.63) is 48.6 Å². The standard InChI is InChI=1S/C40H72NO8P/c1-3-5-7-9-11-13-15-17-18-19-20-21-23-24-26-28-30-32-39(42)46-36-38(37-48-50(44,45)47-35-34-41)49-40(43)33-31-29-27-25-22-16-14-12-10-8-6-4-2/h12,14,17-18,20-21,24,26,38H,3-11,13,15-16,19,22-23,25,27-37,41H2,1-2H3,(H,44,45)/b14-12+,18-17+,21-20+,26-24+/t38-/m0/s1. The van der Waals surface area contributed by atoms with E-state index in [1.54, 1.807) is 0 Å². The summed E-state index contributed by atoms with van der Waals surface area (Å²) < 4.78 is 32.6. The van der Waals surface area contributed by atoms with Crippen LogP contribution in [0.2, 0.25) is 0 Å². The number of carbonyl (C=O) groups is 2. The number of ether oxygens (including phenoxy) is 2. The molecule has 0 aliphatic heterocycles. The molecule has 2 atom stereocenters. The van der Waals surface area contributed by atoms with E-state index in [-0.39, 0.29) is 32.6 Å². The van der Waals surface area contributed by atoms with E-state index in [4.69, 9.17) is 24.3 Å². The quantitative estimate of drug-likeness (QED) is 0.0280. The van der Waals surface area contributed by atoms with Gasteiger partial charge in [0.2, 0.25) is 0 Å². The molecule has 0 spiro atoms. The molecule has 0 heterocycles. The van der Waals surface area contributed by atoms with Crippen LogP contribution in [-0.4, -0.2) is 49.3 Å². The fraction of sp³-hybridized carbons (Fsp3) is 0.750. The van der Waals surface area contributed by atoms with Crippen LogP contribution in [0.15, 0.2) is 48.6 Å². The van der Waals surface area contributed by atoms with Crippen molar-refractivity contribution in [2.24, 2.45) is 5.73 Å². The first-order valence-corrected chi connectivity index (χ1v) is 21.1. The first kappa shape index (κ1) is 48.0. The highest BCUT2D eigenvalue weighted by Crippen LogP contribution is 2.43. The highest BCUT2D eigenvalue weighted by Gasteiger charge is 2.25. The first-order valence-electron chi connectivity index (χ1n) is 19.6. The molecule has 0 aromatic carbocycles. The second-order valence-corrected chi connectivity index (χ2v) is 14.2. The Kier molecular flexibility index (Phi) is 35.3. The van der Waals surface area contributed by atoms with Gasteiger partial charge in [0.15, 0.2) is 6.10 Å². The lowest BCUT2D eigenvalue weighted by molar-refractivity contribution is -0.161. The van der Waals surface area contributed by atoms with Crippen LogP contribution >= 0.6 is 7.82 Å². The number of phosphoric acid groups is 1. The predicted octanol–water partition coefficient (Wildman–Crippen LogP) is 10.8. The molecule has 0 bridgehead atoms. The summed E-state index contributed by atoms with van der Waals surface area (Å²) in [6.07, 6.45) is 40.1. The number of allylic oxidation sites excluding steroid dienone is 8. The van der Waals surface area contributed by atoms with Crippen molar-refractivity contribution < 1.29 is 37.6 Å². The number of unbranched alkanes of at least 4 members (excludes halogenated alkanes) is 15. The Morgan fingerprint density at radius 2 is 1.06 bits per heavy atom. The van der Waals surface area contributed by atoms with Gasteiger partial charge < -0.3 is 20.1 Å². The third kappa shape index (κ3) is 35.8. The number of carbonyl (C=O) groups excluding carboxylic acids is 2. The van der Waals surface area contributed by atoms with Gasteiger partial charge in [0.1, 0.15) is 6.61 Å². The molecule has 0 amide bonds. The lowest BCUT2D eigenvalue weighted by Crippen LogP contribution is -2.29. The molecule has 0 saturated carbocycles. The van der Waals surface area contributed by atoms with Crippen molar-refractivity contribution in [1.82, 2.24) is 0 Å². The van der Waals surface area contributed by atoms with Gasteiger partial charge in [-0.1, -0.05) is 127 Å². The van der Waals surface area contributed by atoms with Crippen molar-refractivity contribution in [2.45, 2.75) is 168 Å². The summed E-state index contributed by atoms with van der Waals surface area (Å²) in [7, 11) is -4.38. The Balaban J connectivity index is 4.31. The number of esters is 2. The van der Waals surface area contributed by atoms with E-state index in [2.05, 4.69) is 62.5 Å². The zero-order valence-electron chi connectivity index (χ0n) is 31.6. The van der Waals surface area contributed by atoms with E-state index < -0.39 is 32.5 Å². The maximum atomic E-state index is 12.5. The van der Waals surface area contributed by atoms with Crippen molar-refractivity contribution in [3.8, 4) is 0 Å². The third-order valence-electron chi connectivity index (χ3n) is 7.94. The molecule has 3 N–H and O–H groups in total. The molecule has 1 unspecified atom stereocenters. The lowest BCUT2D eigenvalue weighted by atomic mass is 10.1. The Hall–Kier alpha value is -2.03. The summed E-state index contributed by atoms with van der Waals surface area (Å²) in [5.74, 6) is -0.904.